The number of ether oxygens (including phenoxy) is 1. The molecule has 0 amide bonds. The van der Waals surface area contributed by atoms with Gasteiger partial charge < -0.3 is 15.6 Å². The molecule has 0 aliphatic carbocycles. The highest BCUT2D eigenvalue weighted by Gasteiger charge is 2.20. The maximum atomic E-state index is 14.3. The Labute approximate surface area is 183 Å². The molecular weight excluding hydrogens is 397 g/mol. The first kappa shape index (κ1) is 24.7. The minimum atomic E-state index is -0.350. The highest BCUT2D eigenvalue weighted by molar-refractivity contribution is 5.69. The number of aliphatic hydroxyl groups excluding tert-OH is 1. The zero-order valence-corrected chi connectivity index (χ0v) is 19.3. The summed E-state index contributed by atoms with van der Waals surface area (Å²) in [7, 11) is 0. The monoisotopic (exact) mass is 431 g/mol. The second kappa shape index (κ2) is 10.6. The number of nitrogens with zero attached hydrogens (tertiary/aromatic N) is 4. The van der Waals surface area contributed by atoms with Crippen LogP contribution in [-0.4, -0.2) is 44.0 Å². The summed E-state index contributed by atoms with van der Waals surface area (Å²) in [5.74, 6) is -0.258. The van der Waals surface area contributed by atoms with Gasteiger partial charge >= 0.3 is 0 Å². The van der Waals surface area contributed by atoms with E-state index in [4.69, 9.17) is 15.6 Å². The van der Waals surface area contributed by atoms with E-state index in [9.17, 15) is 4.39 Å². The van der Waals surface area contributed by atoms with E-state index in [-0.39, 0.29) is 23.3 Å². The van der Waals surface area contributed by atoms with E-state index in [0.29, 0.717) is 29.1 Å². The van der Waals surface area contributed by atoms with Gasteiger partial charge in [0.25, 0.3) is 0 Å². The van der Waals surface area contributed by atoms with Crippen LogP contribution in [0.3, 0.4) is 0 Å². The van der Waals surface area contributed by atoms with Crippen molar-refractivity contribution >= 4 is 11.5 Å². The number of nitrogen functional groups attached to an aromatic ring is 1. The Morgan fingerprint density at radius 3 is 2.39 bits per heavy atom. The molecule has 1 unspecified atom stereocenters. The van der Waals surface area contributed by atoms with Crippen molar-refractivity contribution in [3.05, 3.63) is 41.5 Å². The number of hydrogen-bond donors (Lipinski definition) is 2. The molecular formula is C23H34FN5O2. The van der Waals surface area contributed by atoms with Crippen LogP contribution in [-0.2, 0) is 10.2 Å². The lowest BCUT2D eigenvalue weighted by Gasteiger charge is -2.18. The summed E-state index contributed by atoms with van der Waals surface area (Å²) >= 11 is 0. The van der Waals surface area contributed by atoms with Crippen molar-refractivity contribution in [3.8, 4) is 11.4 Å². The van der Waals surface area contributed by atoms with Gasteiger partial charge in [0.1, 0.15) is 5.52 Å². The van der Waals surface area contributed by atoms with Gasteiger partial charge in [-0.2, -0.15) is 0 Å². The molecule has 1 aliphatic heterocycles. The molecule has 4 rings (SSSR count). The van der Waals surface area contributed by atoms with Gasteiger partial charge in [0.2, 0.25) is 5.95 Å². The Balaban J connectivity index is 0.000000319. The van der Waals surface area contributed by atoms with Crippen LogP contribution in [0.1, 0.15) is 58.6 Å². The Morgan fingerprint density at radius 2 is 1.90 bits per heavy atom. The van der Waals surface area contributed by atoms with E-state index in [2.05, 4.69) is 35.8 Å². The molecule has 0 spiro atoms. The van der Waals surface area contributed by atoms with Crippen molar-refractivity contribution in [2.45, 2.75) is 65.9 Å². The summed E-state index contributed by atoms with van der Waals surface area (Å²) < 4.78 is 20.7. The maximum absolute atomic E-state index is 14.3. The molecule has 3 aromatic rings. The predicted octanol–water partition coefficient (Wildman–Crippen LogP) is 4.30. The topological polar surface area (TPSA) is 98.6 Å². The summed E-state index contributed by atoms with van der Waals surface area (Å²) in [5.41, 5.74) is 8.79. The summed E-state index contributed by atoms with van der Waals surface area (Å²) in [5, 5.41) is 12.9. The first-order chi connectivity index (χ1) is 14.7. The number of anilines is 1. The van der Waals surface area contributed by atoms with Crippen molar-refractivity contribution in [2.75, 3.05) is 18.9 Å². The summed E-state index contributed by atoms with van der Waals surface area (Å²) in [6.45, 7) is 13.4. The van der Waals surface area contributed by atoms with Gasteiger partial charge in [0.15, 0.2) is 5.82 Å². The fourth-order valence-electron chi connectivity index (χ4n) is 3.14. The van der Waals surface area contributed by atoms with Crippen LogP contribution in [0.5, 0.6) is 0 Å². The van der Waals surface area contributed by atoms with Crippen LogP contribution in [0.4, 0.5) is 10.3 Å². The maximum Gasteiger partial charge on any atom is 0.238 e. The second-order valence-corrected chi connectivity index (χ2v) is 8.25. The molecule has 8 heteroatoms. The fourth-order valence-corrected chi connectivity index (χ4v) is 3.14. The number of nitrogens with two attached hydrogens (primary N) is 1. The van der Waals surface area contributed by atoms with Crippen LogP contribution in [0.2, 0.25) is 0 Å². The van der Waals surface area contributed by atoms with Gasteiger partial charge in [0.05, 0.1) is 30.3 Å². The average Bonchev–Trinajstić information content (AvgIpc) is 2.99. The van der Waals surface area contributed by atoms with Crippen LogP contribution in [0, 0.1) is 12.7 Å². The van der Waals surface area contributed by atoms with Gasteiger partial charge in [0, 0.05) is 18.4 Å². The fraction of sp³-hybridized carbons (Fsp3) is 0.522. The molecule has 4 heterocycles. The summed E-state index contributed by atoms with van der Waals surface area (Å²) in [6, 6.07) is 3.89. The van der Waals surface area contributed by atoms with E-state index in [1.807, 2.05) is 32.2 Å². The molecule has 0 radical (unpaired) electrons. The standard InChI is InChI=1S/C16H18FN5.C5H10O2.C2H6/c1-9-13(17)12-8-20-15(18)21-22(12)14(9)11-6-5-10(7-19-11)16(2,3)4;6-5-2-1-3-7-4-5;1-2/h5-8H,1-4H3,(H2,18,21);5-6H,1-4H2;1-2H3. The molecule has 31 heavy (non-hydrogen) atoms. The zero-order valence-electron chi connectivity index (χ0n) is 19.3. The Hall–Kier alpha value is -2.58. The smallest absolute Gasteiger partial charge is 0.238 e. The quantitative estimate of drug-likeness (QED) is 0.596. The minimum absolute atomic E-state index is 0.0135. The molecule has 0 bridgehead atoms. The number of halogens is 1. The Morgan fingerprint density at radius 1 is 1.19 bits per heavy atom. The lowest BCUT2D eigenvalue weighted by atomic mass is 9.88. The predicted molar refractivity (Wildman–Crippen MR) is 121 cm³/mol. The van der Waals surface area contributed by atoms with Gasteiger partial charge in [-0.15, -0.1) is 5.10 Å². The first-order valence-electron chi connectivity index (χ1n) is 10.7. The first-order valence-corrected chi connectivity index (χ1v) is 10.7. The molecule has 170 valence electrons. The van der Waals surface area contributed by atoms with Crippen LogP contribution >= 0.6 is 0 Å². The average molecular weight is 432 g/mol. The molecule has 3 aromatic heterocycles. The third-order valence-electron chi connectivity index (χ3n) is 4.88. The van der Waals surface area contributed by atoms with Gasteiger partial charge in [-0.1, -0.05) is 40.7 Å². The second-order valence-electron chi connectivity index (χ2n) is 8.25. The summed E-state index contributed by atoms with van der Waals surface area (Å²) in [6.07, 6.45) is 4.95. The normalized spacial score (nSPS) is 16.2. The van der Waals surface area contributed by atoms with Crippen LogP contribution < -0.4 is 5.73 Å². The van der Waals surface area contributed by atoms with Crippen molar-refractivity contribution in [1.82, 2.24) is 19.6 Å². The summed E-state index contributed by atoms with van der Waals surface area (Å²) in [4.78, 5) is 8.33. The Kier molecular flexibility index (Phi) is 8.47. The Bertz CT molecular complexity index is 974. The largest absolute Gasteiger partial charge is 0.391 e. The van der Waals surface area contributed by atoms with Crippen molar-refractivity contribution < 1.29 is 14.2 Å². The van der Waals surface area contributed by atoms with E-state index < -0.39 is 0 Å². The van der Waals surface area contributed by atoms with Crippen molar-refractivity contribution in [1.29, 1.82) is 0 Å². The number of rotatable bonds is 1. The molecule has 1 fully saturated rings. The lowest BCUT2D eigenvalue weighted by molar-refractivity contribution is -0.00535. The molecule has 1 atom stereocenters. The van der Waals surface area contributed by atoms with Crippen LogP contribution in [0.15, 0.2) is 24.5 Å². The SMILES string of the molecule is CC.Cc1c(F)c2cnc(N)nn2c1-c1ccc(C(C)(C)C)cn1.OC1CCCOC1. The highest BCUT2D eigenvalue weighted by Crippen LogP contribution is 2.30. The van der Waals surface area contributed by atoms with E-state index in [1.165, 1.54) is 10.7 Å². The molecule has 0 aromatic carbocycles. The third kappa shape index (κ3) is 5.98. The molecule has 3 N–H and O–H groups in total. The molecule has 1 saturated heterocycles. The van der Waals surface area contributed by atoms with Gasteiger partial charge in [-0.25, -0.2) is 13.9 Å². The van der Waals surface area contributed by atoms with Crippen LogP contribution in [0.25, 0.3) is 16.9 Å². The van der Waals surface area contributed by atoms with Gasteiger partial charge in [-0.05, 0) is 36.8 Å². The van der Waals surface area contributed by atoms with E-state index in [1.54, 1.807) is 6.92 Å². The lowest BCUT2D eigenvalue weighted by Crippen LogP contribution is -2.21. The molecule has 0 saturated carbocycles. The number of fused-ring (bicyclic) bond motifs is 1. The zero-order chi connectivity index (χ0) is 23.2. The molecule has 1 aliphatic rings. The number of aliphatic hydroxyl groups is 1. The van der Waals surface area contributed by atoms with Gasteiger partial charge in [-0.3, -0.25) is 4.98 Å². The van der Waals surface area contributed by atoms with E-state index >= 15 is 0 Å². The number of aromatic nitrogens is 4. The minimum Gasteiger partial charge on any atom is -0.391 e. The number of pyridine rings is 1. The third-order valence-corrected chi connectivity index (χ3v) is 4.88. The van der Waals surface area contributed by atoms with E-state index in [0.717, 1.165) is 25.0 Å². The number of hydrogen-bond acceptors (Lipinski definition) is 6. The molecule has 7 nitrogen and oxygen atoms in total. The van der Waals surface area contributed by atoms with Crippen molar-refractivity contribution in [2.24, 2.45) is 0 Å². The highest BCUT2D eigenvalue weighted by atomic mass is 19.1. The van der Waals surface area contributed by atoms with Crippen molar-refractivity contribution in [3.63, 3.8) is 0 Å².